The molecule has 0 amide bonds. The van der Waals surface area contributed by atoms with Gasteiger partial charge in [-0.1, -0.05) is 5.16 Å². The Labute approximate surface area is 144 Å². The van der Waals surface area contributed by atoms with Crippen LogP contribution >= 0.6 is 0 Å². The number of methoxy groups -OCH3 is 2. The third kappa shape index (κ3) is 3.45. The number of aromatic nitrogens is 1. The summed E-state index contributed by atoms with van der Waals surface area (Å²) in [6, 6.07) is 9.17. The number of furan rings is 1. The van der Waals surface area contributed by atoms with Gasteiger partial charge in [0.25, 0.3) is 10.0 Å². The first-order valence-electron chi connectivity index (χ1n) is 7.21. The minimum Gasteiger partial charge on any atom is -0.493 e. The maximum Gasteiger partial charge on any atom is 0.295 e. The Bertz CT molecular complexity index is 990. The van der Waals surface area contributed by atoms with Crippen molar-refractivity contribution in [2.24, 2.45) is 0 Å². The molecule has 0 unspecified atom stereocenters. The number of hydrogen-bond donors (Lipinski definition) is 1. The molecule has 0 fully saturated rings. The molecule has 8 nitrogen and oxygen atoms in total. The van der Waals surface area contributed by atoms with Crippen LogP contribution < -0.4 is 14.2 Å². The maximum absolute atomic E-state index is 12.5. The van der Waals surface area contributed by atoms with Gasteiger partial charge in [-0.2, -0.15) is 8.42 Å². The van der Waals surface area contributed by atoms with Crippen molar-refractivity contribution in [1.82, 2.24) is 5.16 Å². The van der Waals surface area contributed by atoms with E-state index in [1.54, 1.807) is 25.1 Å². The number of rotatable bonds is 6. The highest BCUT2D eigenvalue weighted by atomic mass is 32.2. The lowest BCUT2D eigenvalue weighted by molar-refractivity contribution is 0.355. The Kier molecular flexibility index (Phi) is 4.41. The molecule has 2 heterocycles. The summed E-state index contributed by atoms with van der Waals surface area (Å²) in [6.07, 6.45) is 0. The first-order chi connectivity index (χ1) is 11.9. The van der Waals surface area contributed by atoms with Gasteiger partial charge in [0.2, 0.25) is 10.9 Å². The molecule has 0 atom stereocenters. The molecule has 0 saturated carbocycles. The number of aryl methyl sites for hydroxylation is 1. The molecule has 2 aromatic heterocycles. The second-order valence-electron chi connectivity index (χ2n) is 5.13. The summed E-state index contributed by atoms with van der Waals surface area (Å²) in [6.45, 7) is 1.76. The van der Waals surface area contributed by atoms with Gasteiger partial charge in [-0.25, -0.2) is 0 Å². The van der Waals surface area contributed by atoms with Crippen molar-refractivity contribution in [3.63, 3.8) is 0 Å². The highest BCUT2D eigenvalue weighted by molar-refractivity contribution is 7.92. The number of sulfonamides is 1. The number of nitrogens with zero attached hydrogens (tertiary/aromatic N) is 1. The minimum absolute atomic E-state index is 0.244. The van der Waals surface area contributed by atoms with Crippen LogP contribution in [-0.4, -0.2) is 27.8 Å². The van der Waals surface area contributed by atoms with Gasteiger partial charge in [0.05, 0.1) is 25.6 Å². The first kappa shape index (κ1) is 16.9. The number of hydrogen-bond acceptors (Lipinski definition) is 7. The Hall–Kier alpha value is -2.94. The molecule has 9 heteroatoms. The van der Waals surface area contributed by atoms with Crippen molar-refractivity contribution in [3.05, 3.63) is 42.1 Å². The smallest absolute Gasteiger partial charge is 0.295 e. The molecule has 0 aliphatic rings. The van der Waals surface area contributed by atoms with Crippen molar-refractivity contribution >= 4 is 15.7 Å². The van der Waals surface area contributed by atoms with Crippen LogP contribution in [0.3, 0.4) is 0 Å². The van der Waals surface area contributed by atoms with Gasteiger partial charge in [-0.3, -0.25) is 4.72 Å². The van der Waals surface area contributed by atoms with Crippen LogP contribution in [0, 0.1) is 6.92 Å². The molecule has 3 aromatic rings. The summed E-state index contributed by atoms with van der Waals surface area (Å²) in [5.41, 5.74) is 0.977. The van der Waals surface area contributed by atoms with E-state index in [-0.39, 0.29) is 10.9 Å². The van der Waals surface area contributed by atoms with Crippen LogP contribution in [-0.2, 0) is 10.0 Å². The van der Waals surface area contributed by atoms with E-state index in [9.17, 15) is 8.42 Å². The fraction of sp³-hybridized carbons (Fsp3) is 0.188. The molecule has 1 aromatic carbocycles. The Morgan fingerprint density at radius 2 is 1.76 bits per heavy atom. The molecule has 0 radical (unpaired) electrons. The number of benzene rings is 1. The van der Waals surface area contributed by atoms with Crippen molar-refractivity contribution < 1.29 is 26.8 Å². The summed E-state index contributed by atoms with van der Waals surface area (Å²) in [5.74, 6) is 1.52. The zero-order chi connectivity index (χ0) is 18.0. The van der Waals surface area contributed by atoms with Crippen LogP contribution in [0.4, 0.5) is 5.69 Å². The van der Waals surface area contributed by atoms with E-state index in [0.717, 1.165) is 0 Å². The molecular weight excluding hydrogens is 348 g/mol. The van der Waals surface area contributed by atoms with E-state index < -0.39 is 10.0 Å². The third-order valence-corrected chi connectivity index (χ3v) is 4.61. The summed E-state index contributed by atoms with van der Waals surface area (Å²) >= 11 is 0. The third-order valence-electron chi connectivity index (χ3n) is 3.35. The largest absolute Gasteiger partial charge is 0.493 e. The van der Waals surface area contributed by atoms with Crippen molar-refractivity contribution in [2.75, 3.05) is 18.9 Å². The molecule has 0 saturated heterocycles. The summed E-state index contributed by atoms with van der Waals surface area (Å²) in [4.78, 5) is 0. The molecule has 25 heavy (non-hydrogen) atoms. The number of anilines is 1. The minimum atomic E-state index is -3.91. The molecule has 0 spiro atoms. The van der Waals surface area contributed by atoms with Crippen LogP contribution in [0.15, 0.2) is 50.4 Å². The van der Waals surface area contributed by atoms with Crippen molar-refractivity contribution in [2.45, 2.75) is 12.0 Å². The quantitative estimate of drug-likeness (QED) is 0.717. The van der Waals surface area contributed by atoms with Crippen molar-refractivity contribution in [3.8, 4) is 23.0 Å². The molecular formula is C16H16N2O6S. The topological polar surface area (TPSA) is 104 Å². The fourth-order valence-electron chi connectivity index (χ4n) is 2.18. The second-order valence-corrected chi connectivity index (χ2v) is 6.74. The Balaban J connectivity index is 1.86. The molecule has 132 valence electrons. The molecule has 0 bridgehead atoms. The van der Waals surface area contributed by atoms with Crippen LogP contribution in [0.1, 0.15) is 5.69 Å². The monoisotopic (exact) mass is 364 g/mol. The second kappa shape index (κ2) is 6.52. The highest BCUT2D eigenvalue weighted by Gasteiger charge is 2.21. The van der Waals surface area contributed by atoms with E-state index >= 15 is 0 Å². The van der Waals surface area contributed by atoms with Crippen LogP contribution in [0.2, 0.25) is 0 Å². The molecule has 3 rings (SSSR count). The van der Waals surface area contributed by atoms with Crippen molar-refractivity contribution in [1.29, 1.82) is 0 Å². The average molecular weight is 364 g/mol. The first-order valence-corrected chi connectivity index (χ1v) is 8.69. The van der Waals surface area contributed by atoms with E-state index in [4.69, 9.17) is 18.4 Å². The summed E-state index contributed by atoms with van der Waals surface area (Å²) in [5, 5.41) is 3.50. The number of nitrogens with one attached hydrogen (secondary N) is 1. The average Bonchev–Trinajstić information content (AvgIpc) is 3.23. The van der Waals surface area contributed by atoms with E-state index in [1.165, 1.54) is 32.4 Å². The van der Waals surface area contributed by atoms with Gasteiger partial charge < -0.3 is 18.4 Å². The lowest BCUT2D eigenvalue weighted by Gasteiger charge is -2.10. The summed E-state index contributed by atoms with van der Waals surface area (Å²) in [7, 11) is -0.949. The molecule has 0 aliphatic heterocycles. The normalized spacial score (nSPS) is 11.3. The van der Waals surface area contributed by atoms with Gasteiger partial charge in [-0.05, 0) is 31.2 Å². The predicted molar refractivity (Wildman–Crippen MR) is 89.3 cm³/mol. The van der Waals surface area contributed by atoms with Crippen LogP contribution in [0.5, 0.6) is 11.5 Å². The van der Waals surface area contributed by atoms with E-state index in [2.05, 4.69) is 9.88 Å². The fourth-order valence-corrected chi connectivity index (χ4v) is 3.17. The zero-order valence-corrected chi connectivity index (χ0v) is 14.6. The highest BCUT2D eigenvalue weighted by Crippen LogP contribution is 2.31. The standard InChI is InChI=1S/C16H16N2O6S/c1-10-8-15(24-17-10)13-6-7-16(23-13)25(19,20)18-11-4-5-12(21-2)14(9-11)22-3/h4-9,18H,1-3H3. The summed E-state index contributed by atoms with van der Waals surface area (Å²) < 4.78 is 48.1. The SMILES string of the molecule is COc1ccc(NS(=O)(=O)c2ccc(-c3cc(C)no3)o2)cc1OC. The Morgan fingerprint density at radius 3 is 2.40 bits per heavy atom. The van der Waals surface area contributed by atoms with Gasteiger partial charge in [-0.15, -0.1) is 0 Å². The van der Waals surface area contributed by atoms with Gasteiger partial charge in [0.15, 0.2) is 17.3 Å². The molecule has 1 N–H and O–H groups in total. The van der Waals surface area contributed by atoms with Gasteiger partial charge in [0, 0.05) is 12.1 Å². The lowest BCUT2D eigenvalue weighted by Crippen LogP contribution is -2.12. The number of ether oxygens (including phenoxy) is 2. The maximum atomic E-state index is 12.5. The zero-order valence-electron chi connectivity index (χ0n) is 13.8. The van der Waals surface area contributed by atoms with Gasteiger partial charge in [0.1, 0.15) is 0 Å². The van der Waals surface area contributed by atoms with E-state index in [0.29, 0.717) is 28.6 Å². The lowest BCUT2D eigenvalue weighted by atomic mass is 10.3. The van der Waals surface area contributed by atoms with Crippen LogP contribution in [0.25, 0.3) is 11.5 Å². The predicted octanol–water partition coefficient (Wildman–Crippen LogP) is 3.06. The van der Waals surface area contributed by atoms with Gasteiger partial charge >= 0.3 is 0 Å². The van der Waals surface area contributed by atoms with E-state index in [1.807, 2.05) is 0 Å². The Morgan fingerprint density at radius 1 is 1.00 bits per heavy atom. The molecule has 0 aliphatic carbocycles.